The third-order valence-corrected chi connectivity index (χ3v) is 2.45. The Morgan fingerprint density at radius 2 is 1.94 bits per heavy atom. The first-order valence-electron chi connectivity index (χ1n) is 5.96. The van der Waals surface area contributed by atoms with Crippen molar-refractivity contribution in [2.45, 2.75) is 39.5 Å². The van der Waals surface area contributed by atoms with E-state index in [1.165, 1.54) is 12.8 Å². The summed E-state index contributed by atoms with van der Waals surface area (Å²) in [4.78, 5) is 8.36. The van der Waals surface area contributed by atoms with Gasteiger partial charge in [-0.25, -0.2) is 4.98 Å². The van der Waals surface area contributed by atoms with Crippen molar-refractivity contribution in [2.75, 3.05) is 18.9 Å². The first-order chi connectivity index (χ1) is 7.77. The highest BCUT2D eigenvalue weighted by Crippen LogP contribution is 2.06. The maximum absolute atomic E-state index is 5.63. The van der Waals surface area contributed by atoms with Gasteiger partial charge in [-0.05, 0) is 25.7 Å². The summed E-state index contributed by atoms with van der Waals surface area (Å²) in [5.74, 6) is 0.576. The summed E-state index contributed by atoms with van der Waals surface area (Å²) in [5.41, 5.74) is 7.48. The molecule has 1 aliphatic heterocycles. The third-order valence-electron chi connectivity index (χ3n) is 2.45. The Hall–Kier alpha value is -1.16. The molecule has 2 rings (SSSR count). The van der Waals surface area contributed by atoms with Gasteiger partial charge in [-0.2, -0.15) is 0 Å². The minimum absolute atomic E-state index is 0.576. The van der Waals surface area contributed by atoms with Crippen LogP contribution in [0.25, 0.3) is 0 Å². The lowest BCUT2D eigenvalue weighted by molar-refractivity contribution is 0.198. The Kier molecular flexibility index (Phi) is 5.78. The molecule has 0 spiro atoms. The highest BCUT2D eigenvalue weighted by molar-refractivity contribution is 5.34. The number of nitrogens with two attached hydrogens (primary N) is 1. The zero-order chi connectivity index (χ0) is 11.8. The lowest BCUT2D eigenvalue weighted by Crippen LogP contribution is -2.02. The van der Waals surface area contributed by atoms with Gasteiger partial charge in [-0.3, -0.25) is 4.98 Å². The number of nitrogens with zero attached hydrogens (tertiary/aromatic N) is 2. The van der Waals surface area contributed by atoms with Crippen LogP contribution in [0.2, 0.25) is 0 Å². The van der Waals surface area contributed by atoms with E-state index in [0.717, 1.165) is 37.4 Å². The van der Waals surface area contributed by atoms with Gasteiger partial charge in [0.1, 0.15) is 5.82 Å². The molecule has 0 saturated carbocycles. The molecule has 0 radical (unpaired) electrons. The van der Waals surface area contributed by atoms with Crippen molar-refractivity contribution in [3.8, 4) is 0 Å². The number of hydrogen-bond acceptors (Lipinski definition) is 4. The molecule has 4 nitrogen and oxygen atoms in total. The average Bonchev–Trinajstić information content (AvgIpc) is 2.87. The number of aryl methyl sites for hydroxylation is 2. The smallest absolute Gasteiger partial charge is 0.145 e. The molecule has 0 aliphatic carbocycles. The van der Waals surface area contributed by atoms with Crippen molar-refractivity contribution >= 4 is 5.82 Å². The van der Waals surface area contributed by atoms with E-state index in [4.69, 9.17) is 10.5 Å². The van der Waals surface area contributed by atoms with E-state index in [1.807, 2.05) is 13.8 Å². The fourth-order valence-electron chi connectivity index (χ4n) is 1.42. The Morgan fingerprint density at radius 3 is 2.31 bits per heavy atom. The summed E-state index contributed by atoms with van der Waals surface area (Å²) >= 11 is 0. The fourth-order valence-corrected chi connectivity index (χ4v) is 1.42. The van der Waals surface area contributed by atoms with E-state index in [9.17, 15) is 0 Å². The predicted octanol–water partition coefficient (Wildman–Crippen LogP) is 1.98. The Balaban J connectivity index is 0.000000212. The van der Waals surface area contributed by atoms with Crippen molar-refractivity contribution < 1.29 is 4.74 Å². The highest BCUT2D eigenvalue weighted by atomic mass is 16.5. The van der Waals surface area contributed by atoms with Crippen molar-refractivity contribution in [3.63, 3.8) is 0 Å². The van der Waals surface area contributed by atoms with Crippen LogP contribution in [0, 0.1) is 0 Å². The molecule has 0 unspecified atom stereocenters. The molecule has 1 aromatic rings. The van der Waals surface area contributed by atoms with Crippen LogP contribution in [0.4, 0.5) is 5.82 Å². The number of hydrogen-bond donors (Lipinski definition) is 1. The van der Waals surface area contributed by atoms with Gasteiger partial charge in [0.25, 0.3) is 0 Å². The molecule has 1 fully saturated rings. The topological polar surface area (TPSA) is 61.0 Å². The summed E-state index contributed by atoms with van der Waals surface area (Å²) < 4.78 is 4.94. The van der Waals surface area contributed by atoms with E-state index in [0.29, 0.717) is 5.82 Å². The van der Waals surface area contributed by atoms with E-state index < -0.39 is 0 Å². The maximum Gasteiger partial charge on any atom is 0.145 e. The maximum atomic E-state index is 5.63. The number of nitrogen functional groups attached to an aromatic ring is 1. The SMILES string of the molecule is C1CCOC1.CCc1cnc(CC)c(N)n1. The largest absolute Gasteiger partial charge is 0.382 e. The number of rotatable bonds is 2. The van der Waals surface area contributed by atoms with Crippen molar-refractivity contribution in [2.24, 2.45) is 0 Å². The molecule has 2 N–H and O–H groups in total. The zero-order valence-corrected chi connectivity index (χ0v) is 10.2. The number of aromatic nitrogens is 2. The summed E-state index contributed by atoms with van der Waals surface area (Å²) in [6.45, 7) is 6.06. The minimum atomic E-state index is 0.576. The first kappa shape index (κ1) is 12.9. The molecule has 1 aromatic heterocycles. The first-order valence-corrected chi connectivity index (χ1v) is 5.96. The Bertz CT molecular complexity index is 304. The molecule has 2 heterocycles. The monoisotopic (exact) mass is 223 g/mol. The summed E-state index contributed by atoms with van der Waals surface area (Å²) in [5, 5.41) is 0. The van der Waals surface area contributed by atoms with Gasteiger partial charge in [-0.15, -0.1) is 0 Å². The van der Waals surface area contributed by atoms with Crippen LogP contribution < -0.4 is 5.73 Å². The second-order valence-corrected chi connectivity index (χ2v) is 3.72. The summed E-state index contributed by atoms with van der Waals surface area (Å²) in [6, 6.07) is 0. The van der Waals surface area contributed by atoms with Crippen LogP contribution >= 0.6 is 0 Å². The van der Waals surface area contributed by atoms with Gasteiger partial charge in [-0.1, -0.05) is 13.8 Å². The molecule has 0 atom stereocenters. The van der Waals surface area contributed by atoms with E-state index in [2.05, 4.69) is 9.97 Å². The molecular formula is C12H21N3O. The number of anilines is 1. The molecule has 0 bridgehead atoms. The second-order valence-electron chi connectivity index (χ2n) is 3.72. The van der Waals surface area contributed by atoms with Crippen molar-refractivity contribution in [3.05, 3.63) is 17.6 Å². The average molecular weight is 223 g/mol. The lowest BCUT2D eigenvalue weighted by atomic mass is 10.3. The lowest BCUT2D eigenvalue weighted by Gasteiger charge is -2.01. The summed E-state index contributed by atoms with van der Waals surface area (Å²) in [6.07, 6.45) is 6.08. The van der Waals surface area contributed by atoms with E-state index >= 15 is 0 Å². The molecule has 1 saturated heterocycles. The van der Waals surface area contributed by atoms with Crippen LogP contribution in [0.15, 0.2) is 6.20 Å². The van der Waals surface area contributed by atoms with Crippen LogP contribution in [-0.4, -0.2) is 23.2 Å². The molecular weight excluding hydrogens is 202 g/mol. The van der Waals surface area contributed by atoms with Gasteiger partial charge >= 0.3 is 0 Å². The van der Waals surface area contributed by atoms with Crippen LogP contribution in [0.5, 0.6) is 0 Å². The fraction of sp³-hybridized carbons (Fsp3) is 0.667. The predicted molar refractivity (Wildman–Crippen MR) is 65.3 cm³/mol. The molecule has 4 heteroatoms. The van der Waals surface area contributed by atoms with Gasteiger partial charge in [0, 0.05) is 19.4 Å². The molecule has 90 valence electrons. The van der Waals surface area contributed by atoms with E-state index in [-0.39, 0.29) is 0 Å². The van der Waals surface area contributed by atoms with Crippen molar-refractivity contribution in [1.82, 2.24) is 9.97 Å². The van der Waals surface area contributed by atoms with Gasteiger partial charge in [0.2, 0.25) is 0 Å². The van der Waals surface area contributed by atoms with E-state index in [1.54, 1.807) is 6.20 Å². The standard InChI is InChI=1S/C8H13N3.C4H8O/c1-3-6-5-10-7(4-2)8(9)11-6;1-2-4-5-3-1/h5H,3-4H2,1-2H3,(H2,9,11);1-4H2. The highest BCUT2D eigenvalue weighted by Gasteiger charge is 1.99. The number of ether oxygens (including phenoxy) is 1. The molecule has 1 aliphatic rings. The van der Waals surface area contributed by atoms with Crippen LogP contribution in [0.1, 0.15) is 38.1 Å². The van der Waals surface area contributed by atoms with Crippen molar-refractivity contribution in [1.29, 1.82) is 0 Å². The normalized spacial score (nSPS) is 14.4. The molecule has 0 aromatic carbocycles. The minimum Gasteiger partial charge on any atom is -0.382 e. The third kappa shape index (κ3) is 4.14. The van der Waals surface area contributed by atoms with Gasteiger partial charge in [0.15, 0.2) is 0 Å². The molecule has 16 heavy (non-hydrogen) atoms. The van der Waals surface area contributed by atoms with Gasteiger partial charge in [0.05, 0.1) is 11.4 Å². The summed E-state index contributed by atoms with van der Waals surface area (Å²) in [7, 11) is 0. The van der Waals surface area contributed by atoms with Crippen LogP contribution in [-0.2, 0) is 17.6 Å². The Morgan fingerprint density at radius 1 is 1.25 bits per heavy atom. The second kappa shape index (κ2) is 7.17. The zero-order valence-electron chi connectivity index (χ0n) is 10.2. The van der Waals surface area contributed by atoms with Crippen LogP contribution in [0.3, 0.4) is 0 Å². The van der Waals surface area contributed by atoms with Gasteiger partial charge < -0.3 is 10.5 Å². The quantitative estimate of drug-likeness (QED) is 0.832. The molecule has 0 amide bonds. The Labute approximate surface area is 97.2 Å².